The zero-order valence-electron chi connectivity index (χ0n) is 36.4. The summed E-state index contributed by atoms with van der Waals surface area (Å²) in [4.78, 5) is 30.8. The van der Waals surface area contributed by atoms with Gasteiger partial charge >= 0.3 is 0 Å². The Kier molecular flexibility index (Phi) is 12.1. The second-order valence-corrected chi connectivity index (χ2v) is 22.4. The minimum atomic E-state index is -3.00. The third-order valence-electron chi connectivity index (χ3n) is 13.2. The van der Waals surface area contributed by atoms with E-state index in [0.29, 0.717) is 37.1 Å². The molecular formula is C55H53FN2O5Si. The number of nitrogens with zero attached hydrogens (tertiary/aromatic N) is 1. The van der Waals surface area contributed by atoms with Gasteiger partial charge in [-0.1, -0.05) is 142 Å². The third kappa shape index (κ3) is 8.27. The number of hydrogen-bond acceptors (Lipinski definition) is 6. The third-order valence-corrected chi connectivity index (χ3v) is 18.2. The summed E-state index contributed by atoms with van der Waals surface area (Å²) in [6.45, 7) is 7.37. The Labute approximate surface area is 376 Å². The zero-order valence-corrected chi connectivity index (χ0v) is 37.4. The van der Waals surface area contributed by atoms with E-state index in [1.807, 2.05) is 103 Å². The summed E-state index contributed by atoms with van der Waals surface area (Å²) in [5.74, 6) is -2.91. The number of imide groups is 1. The van der Waals surface area contributed by atoms with Crippen LogP contribution in [0.1, 0.15) is 51.2 Å². The molecule has 9 rings (SSSR count). The van der Waals surface area contributed by atoms with E-state index in [0.717, 1.165) is 44.0 Å². The lowest BCUT2D eigenvalue weighted by molar-refractivity contribution is -0.122. The van der Waals surface area contributed by atoms with Crippen LogP contribution >= 0.6 is 0 Å². The van der Waals surface area contributed by atoms with Crippen LogP contribution < -0.4 is 20.6 Å². The SMILES string of the molecule is CC(C)(C)[Si](OCC1=C2[C@@H](CC/C(=C/c3ccc(O)c(F)c3)c3ccccc3)OC[C@@H]2[C@@H]2C(=O)N(c3ccc(Nc4ccccc4)cc3)C(=O)[C@@H]2C1)(c1ccccc1)c1ccccc1. The Bertz CT molecular complexity index is 2650. The maximum absolute atomic E-state index is 14.7. The Balaban J connectivity index is 1.08. The first-order valence-corrected chi connectivity index (χ1v) is 24.1. The number of amides is 2. The fraction of sp³-hybridized carbons (Fsp3) is 0.236. The number of nitrogens with one attached hydrogen (secondary N) is 1. The second-order valence-electron chi connectivity index (χ2n) is 18.1. The number of phenolic OH excluding ortho intramolecular Hbond substituents is 1. The van der Waals surface area contributed by atoms with Gasteiger partial charge in [0, 0.05) is 17.3 Å². The number of allylic oxidation sites excluding steroid dienone is 1. The molecule has 7 nitrogen and oxygen atoms in total. The fourth-order valence-corrected chi connectivity index (χ4v) is 14.8. The molecule has 2 N–H and O–H groups in total. The maximum Gasteiger partial charge on any atom is 0.261 e. The molecule has 6 aromatic rings. The molecule has 2 aliphatic heterocycles. The van der Waals surface area contributed by atoms with Crippen LogP contribution in [0.2, 0.25) is 5.04 Å². The van der Waals surface area contributed by atoms with Crippen molar-refractivity contribution in [3.63, 3.8) is 0 Å². The van der Waals surface area contributed by atoms with Gasteiger partial charge in [-0.25, -0.2) is 4.39 Å². The molecule has 0 unspecified atom stereocenters. The van der Waals surface area contributed by atoms with Gasteiger partial charge in [0.25, 0.3) is 8.32 Å². The Hall–Kier alpha value is -6.39. The number of benzene rings is 6. The van der Waals surface area contributed by atoms with Crippen molar-refractivity contribution >= 4 is 59.2 Å². The van der Waals surface area contributed by atoms with Gasteiger partial charge in [-0.05, 0) is 111 Å². The lowest BCUT2D eigenvalue weighted by atomic mass is 9.69. The van der Waals surface area contributed by atoms with E-state index in [4.69, 9.17) is 9.16 Å². The molecule has 2 fully saturated rings. The molecule has 0 aromatic heterocycles. The number of rotatable bonds is 13. The van der Waals surface area contributed by atoms with Crippen LogP contribution in [0.5, 0.6) is 5.75 Å². The van der Waals surface area contributed by atoms with Gasteiger partial charge in [0.2, 0.25) is 11.8 Å². The summed E-state index contributed by atoms with van der Waals surface area (Å²) >= 11 is 0. The standard InChI is InChI=1S/C55H53FN2O5Si/c1-55(2,3)64(44-20-12-6-13-21-44,45-22-14-7-15-23-45)63-35-40-34-46-52(54(61)58(53(46)60)43-28-26-42(27-29-43)57-41-18-10-5-11-19-41)47-36-62-50(51(40)47)31-25-39(38-16-8-4-9-17-38)32-37-24-30-49(59)48(56)33-37/h4-24,26-30,32-33,46-47,50,52,57,59H,25,31,34-36H2,1-3H3/b39-32-/t46-,47+,50-,52-/m1/s1. The highest BCUT2D eigenvalue weighted by molar-refractivity contribution is 6.99. The second kappa shape index (κ2) is 18.0. The number of para-hydroxylation sites is 1. The number of carbonyl (C=O) groups excluding carboxylic acids is 2. The molecular weight excluding hydrogens is 816 g/mol. The first-order chi connectivity index (χ1) is 31.0. The highest BCUT2D eigenvalue weighted by Crippen LogP contribution is 2.51. The van der Waals surface area contributed by atoms with Gasteiger partial charge in [0.05, 0.1) is 36.8 Å². The van der Waals surface area contributed by atoms with Crippen LogP contribution in [0.25, 0.3) is 11.6 Å². The monoisotopic (exact) mass is 868 g/mol. The van der Waals surface area contributed by atoms with Gasteiger partial charge in [0.1, 0.15) is 0 Å². The van der Waals surface area contributed by atoms with Crippen molar-refractivity contribution in [1.82, 2.24) is 0 Å². The van der Waals surface area contributed by atoms with Crippen molar-refractivity contribution in [3.05, 3.63) is 192 Å². The highest BCUT2D eigenvalue weighted by atomic mass is 28.4. The van der Waals surface area contributed by atoms with E-state index in [-0.39, 0.29) is 35.5 Å². The lowest BCUT2D eigenvalue weighted by Crippen LogP contribution is -2.66. The number of anilines is 3. The average Bonchev–Trinajstić information content (AvgIpc) is 3.84. The molecule has 0 spiro atoms. The van der Waals surface area contributed by atoms with Crippen molar-refractivity contribution < 1.29 is 28.2 Å². The molecule has 2 heterocycles. The van der Waals surface area contributed by atoms with Gasteiger partial charge in [-0.3, -0.25) is 14.5 Å². The molecule has 0 radical (unpaired) electrons. The summed E-state index contributed by atoms with van der Waals surface area (Å²) < 4.78 is 28.9. The smallest absolute Gasteiger partial charge is 0.261 e. The van der Waals surface area contributed by atoms with Gasteiger partial charge in [-0.15, -0.1) is 0 Å². The minimum Gasteiger partial charge on any atom is -0.505 e. The Morgan fingerprint density at radius 3 is 1.98 bits per heavy atom. The van der Waals surface area contributed by atoms with E-state index in [1.165, 1.54) is 17.0 Å². The molecule has 2 amide bonds. The van der Waals surface area contributed by atoms with Crippen molar-refractivity contribution in [3.8, 4) is 5.75 Å². The van der Waals surface area contributed by atoms with Crippen LogP contribution in [0.3, 0.4) is 0 Å². The van der Waals surface area contributed by atoms with E-state index in [2.05, 4.69) is 74.6 Å². The Morgan fingerprint density at radius 1 is 0.781 bits per heavy atom. The van der Waals surface area contributed by atoms with Crippen molar-refractivity contribution in [2.24, 2.45) is 17.8 Å². The van der Waals surface area contributed by atoms with Crippen molar-refractivity contribution in [2.45, 2.75) is 51.2 Å². The summed E-state index contributed by atoms with van der Waals surface area (Å²) in [5, 5.41) is 15.4. The molecule has 2 saturated heterocycles. The van der Waals surface area contributed by atoms with Crippen LogP contribution in [0.4, 0.5) is 21.5 Å². The quantitative estimate of drug-likeness (QED) is 0.0520. The van der Waals surface area contributed by atoms with E-state index in [1.54, 1.807) is 6.07 Å². The van der Waals surface area contributed by atoms with Gasteiger partial charge < -0.3 is 19.6 Å². The number of halogens is 1. The average molecular weight is 869 g/mol. The number of aromatic hydroxyl groups is 1. The summed E-state index contributed by atoms with van der Waals surface area (Å²) in [5.41, 5.74) is 7.05. The number of fused-ring (bicyclic) bond motifs is 3. The molecule has 6 aromatic carbocycles. The number of ether oxygens (including phenoxy) is 1. The fourth-order valence-electron chi connectivity index (χ4n) is 10.3. The van der Waals surface area contributed by atoms with Crippen LogP contribution in [0, 0.1) is 23.6 Å². The van der Waals surface area contributed by atoms with Gasteiger partial charge in [-0.2, -0.15) is 0 Å². The minimum absolute atomic E-state index is 0.195. The topological polar surface area (TPSA) is 88.1 Å². The van der Waals surface area contributed by atoms with E-state index < -0.39 is 31.7 Å². The van der Waals surface area contributed by atoms with Crippen LogP contribution in [-0.4, -0.2) is 44.6 Å². The van der Waals surface area contributed by atoms with Crippen molar-refractivity contribution in [2.75, 3.05) is 23.4 Å². The first kappa shape index (κ1) is 42.9. The molecule has 9 heteroatoms. The van der Waals surface area contributed by atoms with E-state index in [9.17, 15) is 19.1 Å². The zero-order chi connectivity index (χ0) is 44.4. The van der Waals surface area contributed by atoms with E-state index >= 15 is 0 Å². The molecule has 0 saturated carbocycles. The maximum atomic E-state index is 14.7. The predicted octanol–water partition coefficient (Wildman–Crippen LogP) is 10.7. The lowest BCUT2D eigenvalue weighted by Gasteiger charge is -2.44. The molecule has 64 heavy (non-hydrogen) atoms. The normalized spacial score (nSPS) is 20.1. The molecule has 324 valence electrons. The van der Waals surface area contributed by atoms with Crippen molar-refractivity contribution in [1.29, 1.82) is 0 Å². The van der Waals surface area contributed by atoms with Crippen LogP contribution in [0.15, 0.2) is 175 Å². The summed E-state index contributed by atoms with van der Waals surface area (Å²) in [7, 11) is -3.00. The van der Waals surface area contributed by atoms with Gasteiger partial charge in [0.15, 0.2) is 11.6 Å². The molecule has 4 atom stereocenters. The van der Waals surface area contributed by atoms with Crippen LogP contribution in [-0.2, 0) is 18.8 Å². The summed E-state index contributed by atoms with van der Waals surface area (Å²) in [6, 6.07) is 52.8. The number of carbonyl (C=O) groups is 2. The highest BCUT2D eigenvalue weighted by Gasteiger charge is 2.58. The molecule has 0 bridgehead atoms. The Morgan fingerprint density at radius 2 is 1.38 bits per heavy atom. The first-order valence-electron chi connectivity index (χ1n) is 22.1. The molecule has 3 aliphatic rings. The number of phenols is 1. The molecule has 1 aliphatic carbocycles. The largest absolute Gasteiger partial charge is 0.505 e. The number of hydrogen-bond donors (Lipinski definition) is 2. The predicted molar refractivity (Wildman–Crippen MR) is 256 cm³/mol. The summed E-state index contributed by atoms with van der Waals surface area (Å²) in [6.07, 6.45) is 3.19.